The molecule has 0 amide bonds. The van der Waals surface area contributed by atoms with E-state index in [2.05, 4.69) is 20.1 Å². The maximum Gasteiger partial charge on any atom is 0.262 e. The molecule has 2 N–H and O–H groups in total. The molecular weight excluding hydrogens is 260 g/mol. The van der Waals surface area contributed by atoms with Gasteiger partial charge in [0.15, 0.2) is 0 Å². The van der Waals surface area contributed by atoms with E-state index >= 15 is 0 Å². The Morgan fingerprint density at radius 1 is 1.05 bits per heavy atom. The largest absolute Gasteiger partial charge is 0.508 e. The minimum atomic E-state index is -0.148. The van der Waals surface area contributed by atoms with Crippen LogP contribution in [0.5, 0.6) is 11.5 Å². The van der Waals surface area contributed by atoms with E-state index in [9.17, 15) is 10.2 Å². The number of aryl methyl sites for hydroxylation is 1. The monoisotopic (exact) mass is 270 g/mol. The van der Waals surface area contributed by atoms with Crippen LogP contribution in [0.2, 0.25) is 0 Å². The summed E-state index contributed by atoms with van der Waals surface area (Å²) in [6.07, 6.45) is 3.30. The Hall–Kier alpha value is -2.96. The maximum atomic E-state index is 9.74. The number of benzene rings is 1. The highest BCUT2D eigenvalue weighted by molar-refractivity contribution is 5.64. The number of nitrogens with zero attached hydrogens (tertiary/aromatic N) is 4. The fourth-order valence-corrected chi connectivity index (χ4v) is 1.63. The average Bonchev–Trinajstić information content (AvgIpc) is 2.89. The standard InChI is InChI=1S/C13H10N4O3/c1-7-5-14-11(15-6-7)12-16-13(20-17-12)9-3-2-8(18)4-10(9)19/h2-6,18-19H,1H3. The Morgan fingerprint density at radius 2 is 1.80 bits per heavy atom. The number of phenolic OH excluding ortho intramolecular Hbond substituents is 2. The lowest BCUT2D eigenvalue weighted by Gasteiger charge is -1.99. The molecule has 2 aromatic heterocycles. The summed E-state index contributed by atoms with van der Waals surface area (Å²) < 4.78 is 5.07. The van der Waals surface area contributed by atoms with Crippen molar-refractivity contribution in [2.75, 3.05) is 0 Å². The zero-order valence-corrected chi connectivity index (χ0v) is 10.5. The molecule has 7 nitrogen and oxygen atoms in total. The molecular formula is C13H10N4O3. The van der Waals surface area contributed by atoms with Crippen LogP contribution in [-0.2, 0) is 0 Å². The minimum absolute atomic E-state index is 0.0483. The SMILES string of the molecule is Cc1cnc(-c2noc(-c3ccc(O)cc3O)n2)nc1. The van der Waals surface area contributed by atoms with Crippen LogP contribution in [0.3, 0.4) is 0 Å². The van der Waals surface area contributed by atoms with Crippen molar-refractivity contribution in [3.05, 3.63) is 36.2 Å². The van der Waals surface area contributed by atoms with Gasteiger partial charge in [-0.3, -0.25) is 0 Å². The van der Waals surface area contributed by atoms with Gasteiger partial charge in [0.2, 0.25) is 11.6 Å². The number of aromatic hydroxyl groups is 2. The van der Waals surface area contributed by atoms with Crippen LogP contribution < -0.4 is 0 Å². The van der Waals surface area contributed by atoms with Crippen molar-refractivity contribution >= 4 is 0 Å². The normalized spacial score (nSPS) is 10.7. The summed E-state index contributed by atoms with van der Waals surface area (Å²) in [6.45, 7) is 1.87. The summed E-state index contributed by atoms with van der Waals surface area (Å²) in [4.78, 5) is 12.3. The molecule has 1 aromatic carbocycles. The Bertz CT molecular complexity index is 753. The lowest BCUT2D eigenvalue weighted by atomic mass is 10.2. The number of phenols is 2. The molecule has 3 rings (SSSR count). The summed E-state index contributed by atoms with van der Waals surface area (Å²) in [5.41, 5.74) is 1.25. The fraction of sp³-hybridized carbons (Fsp3) is 0.0769. The van der Waals surface area contributed by atoms with Crippen LogP contribution in [0.15, 0.2) is 35.1 Å². The van der Waals surface area contributed by atoms with Gasteiger partial charge in [0.25, 0.3) is 5.89 Å². The molecule has 3 aromatic rings. The van der Waals surface area contributed by atoms with Crippen LogP contribution >= 0.6 is 0 Å². The van der Waals surface area contributed by atoms with E-state index in [0.717, 1.165) is 5.56 Å². The first-order valence-corrected chi connectivity index (χ1v) is 5.78. The van der Waals surface area contributed by atoms with Crippen LogP contribution in [-0.4, -0.2) is 30.3 Å². The van der Waals surface area contributed by atoms with Gasteiger partial charge in [0.05, 0.1) is 5.56 Å². The number of rotatable bonds is 2. The van der Waals surface area contributed by atoms with Crippen molar-refractivity contribution in [3.8, 4) is 34.6 Å². The molecule has 0 fully saturated rings. The summed E-state index contributed by atoms with van der Waals surface area (Å²) in [6, 6.07) is 4.10. The van der Waals surface area contributed by atoms with E-state index in [4.69, 9.17) is 4.52 Å². The molecule has 20 heavy (non-hydrogen) atoms. The molecule has 0 aliphatic carbocycles. The third-order valence-corrected chi connectivity index (χ3v) is 2.62. The Kier molecular flexibility index (Phi) is 2.79. The summed E-state index contributed by atoms with van der Waals surface area (Å²) in [5.74, 6) is 0.496. The van der Waals surface area contributed by atoms with E-state index in [1.165, 1.54) is 18.2 Å². The van der Waals surface area contributed by atoms with Crippen LogP contribution in [0, 0.1) is 6.92 Å². The van der Waals surface area contributed by atoms with Crippen molar-refractivity contribution in [1.82, 2.24) is 20.1 Å². The Morgan fingerprint density at radius 3 is 2.50 bits per heavy atom. The lowest BCUT2D eigenvalue weighted by Crippen LogP contribution is -1.90. The minimum Gasteiger partial charge on any atom is -0.508 e. The molecule has 0 unspecified atom stereocenters. The first kappa shape index (κ1) is 12.1. The maximum absolute atomic E-state index is 9.74. The first-order chi connectivity index (χ1) is 9.63. The number of hydrogen-bond donors (Lipinski definition) is 2. The van der Waals surface area contributed by atoms with E-state index in [0.29, 0.717) is 11.4 Å². The Labute approximate surface area is 113 Å². The second-order valence-corrected chi connectivity index (χ2v) is 4.21. The van der Waals surface area contributed by atoms with E-state index < -0.39 is 0 Å². The lowest BCUT2D eigenvalue weighted by molar-refractivity contribution is 0.423. The van der Waals surface area contributed by atoms with Crippen LogP contribution in [0.4, 0.5) is 0 Å². The van der Waals surface area contributed by atoms with Gasteiger partial charge < -0.3 is 14.7 Å². The molecule has 0 aliphatic rings. The number of aromatic nitrogens is 4. The molecule has 2 heterocycles. The Balaban J connectivity index is 1.99. The van der Waals surface area contributed by atoms with Crippen molar-refractivity contribution in [3.63, 3.8) is 0 Å². The van der Waals surface area contributed by atoms with Gasteiger partial charge in [-0.25, -0.2) is 9.97 Å². The van der Waals surface area contributed by atoms with Crippen molar-refractivity contribution < 1.29 is 14.7 Å². The zero-order valence-electron chi connectivity index (χ0n) is 10.5. The molecule has 100 valence electrons. The highest BCUT2D eigenvalue weighted by atomic mass is 16.5. The first-order valence-electron chi connectivity index (χ1n) is 5.78. The second-order valence-electron chi connectivity index (χ2n) is 4.21. The van der Waals surface area contributed by atoms with Gasteiger partial charge in [0, 0.05) is 18.5 Å². The molecule has 0 spiro atoms. The third kappa shape index (κ3) is 2.16. The molecule has 0 saturated heterocycles. The fourth-order valence-electron chi connectivity index (χ4n) is 1.63. The van der Waals surface area contributed by atoms with Crippen molar-refractivity contribution in [2.24, 2.45) is 0 Å². The topological polar surface area (TPSA) is 105 Å². The van der Waals surface area contributed by atoms with Gasteiger partial charge in [-0.2, -0.15) is 4.98 Å². The highest BCUT2D eigenvalue weighted by Gasteiger charge is 2.15. The highest BCUT2D eigenvalue weighted by Crippen LogP contribution is 2.31. The molecule has 0 bridgehead atoms. The molecule has 0 saturated carbocycles. The van der Waals surface area contributed by atoms with E-state index in [-0.39, 0.29) is 23.2 Å². The van der Waals surface area contributed by atoms with Crippen molar-refractivity contribution in [2.45, 2.75) is 6.92 Å². The molecule has 0 aliphatic heterocycles. The van der Waals surface area contributed by atoms with Crippen LogP contribution in [0.25, 0.3) is 23.1 Å². The smallest absolute Gasteiger partial charge is 0.262 e. The number of hydrogen-bond acceptors (Lipinski definition) is 7. The average molecular weight is 270 g/mol. The summed E-state index contributed by atoms with van der Waals surface area (Å²) >= 11 is 0. The third-order valence-electron chi connectivity index (χ3n) is 2.62. The quantitative estimate of drug-likeness (QED) is 0.732. The van der Waals surface area contributed by atoms with E-state index in [1.54, 1.807) is 12.4 Å². The predicted molar refractivity (Wildman–Crippen MR) is 68.8 cm³/mol. The van der Waals surface area contributed by atoms with Gasteiger partial charge in [0.1, 0.15) is 11.5 Å². The molecule has 7 heteroatoms. The molecule has 0 radical (unpaired) electrons. The van der Waals surface area contributed by atoms with Gasteiger partial charge >= 0.3 is 0 Å². The van der Waals surface area contributed by atoms with Gasteiger partial charge in [-0.15, -0.1) is 0 Å². The van der Waals surface area contributed by atoms with Crippen molar-refractivity contribution in [1.29, 1.82) is 0 Å². The second kappa shape index (κ2) is 4.61. The molecule has 0 atom stereocenters. The van der Waals surface area contributed by atoms with Gasteiger partial charge in [-0.1, -0.05) is 5.16 Å². The van der Waals surface area contributed by atoms with Gasteiger partial charge in [-0.05, 0) is 24.6 Å². The predicted octanol–water partition coefficient (Wildman–Crippen LogP) is 1.91. The summed E-state index contributed by atoms with van der Waals surface area (Å²) in [5, 5.41) is 22.8. The van der Waals surface area contributed by atoms with E-state index in [1.807, 2.05) is 6.92 Å². The summed E-state index contributed by atoms with van der Waals surface area (Å²) in [7, 11) is 0. The van der Waals surface area contributed by atoms with Crippen LogP contribution in [0.1, 0.15) is 5.56 Å². The zero-order chi connectivity index (χ0) is 14.1.